The maximum atomic E-state index is 12.4. The summed E-state index contributed by atoms with van der Waals surface area (Å²) >= 11 is 0. The number of hydrogen-bond acceptors (Lipinski definition) is 6. The number of nitrogens with one attached hydrogen (secondary N) is 1. The van der Waals surface area contributed by atoms with Crippen LogP contribution in [0.4, 0.5) is 4.79 Å². The molecule has 7 nitrogen and oxygen atoms in total. The molecule has 0 spiro atoms. The Kier molecular flexibility index (Phi) is 6.54. The molecule has 0 aromatic carbocycles. The van der Waals surface area contributed by atoms with E-state index < -0.39 is 5.60 Å². The van der Waals surface area contributed by atoms with E-state index in [4.69, 9.17) is 14.9 Å². The van der Waals surface area contributed by atoms with Crippen molar-refractivity contribution in [1.29, 1.82) is 0 Å². The molecule has 1 aromatic rings. The number of alkyl carbamates (subject to hydrolysis) is 1. The Balaban J connectivity index is 1.30. The summed E-state index contributed by atoms with van der Waals surface area (Å²) in [4.78, 5) is 23.7. The molecule has 5 rings (SSSR count). The normalized spacial score (nSPS) is 42.5. The molecule has 35 heavy (non-hydrogen) atoms. The molecule has 4 N–H and O–H groups in total. The summed E-state index contributed by atoms with van der Waals surface area (Å²) in [6.45, 7) is 5.83. The number of hydrogen-bond donors (Lipinski definition) is 3. The van der Waals surface area contributed by atoms with E-state index in [0.717, 1.165) is 69.8 Å². The fourth-order valence-electron chi connectivity index (χ4n) is 8.88. The second-order valence-corrected chi connectivity index (χ2v) is 12.2. The van der Waals surface area contributed by atoms with Gasteiger partial charge in [-0.2, -0.15) is 0 Å². The van der Waals surface area contributed by atoms with Crippen molar-refractivity contribution in [3.05, 3.63) is 34.4 Å². The van der Waals surface area contributed by atoms with Gasteiger partial charge in [-0.1, -0.05) is 13.8 Å². The van der Waals surface area contributed by atoms with E-state index in [1.807, 2.05) is 6.07 Å². The SMILES string of the molecule is C[C@]12CC[C@H](OC(=O)NCCCN)C[C@H]1CC[C@@H]1[C@@H]2CC[C@]2(C)[C@@H](c3ccc(=O)oc3)CC[C@]12O. The quantitative estimate of drug-likeness (QED) is 0.534. The molecule has 0 aliphatic heterocycles. The van der Waals surface area contributed by atoms with Crippen LogP contribution in [0, 0.1) is 28.6 Å². The van der Waals surface area contributed by atoms with Gasteiger partial charge in [0.2, 0.25) is 0 Å². The molecule has 4 fully saturated rings. The van der Waals surface area contributed by atoms with Crippen molar-refractivity contribution in [2.24, 2.45) is 34.3 Å². The summed E-state index contributed by atoms with van der Waals surface area (Å²) in [6, 6.07) is 3.40. The van der Waals surface area contributed by atoms with Gasteiger partial charge in [0.1, 0.15) is 6.10 Å². The summed E-state index contributed by atoms with van der Waals surface area (Å²) in [7, 11) is 0. The average molecular weight is 487 g/mol. The molecule has 1 amide bonds. The second-order valence-electron chi connectivity index (χ2n) is 12.2. The fraction of sp³-hybridized carbons (Fsp3) is 0.786. The Hall–Kier alpha value is -1.86. The van der Waals surface area contributed by atoms with Crippen LogP contribution in [0.2, 0.25) is 0 Å². The first-order valence-corrected chi connectivity index (χ1v) is 13.7. The largest absolute Gasteiger partial charge is 0.446 e. The van der Waals surface area contributed by atoms with E-state index in [9.17, 15) is 14.7 Å². The van der Waals surface area contributed by atoms with Crippen molar-refractivity contribution in [2.75, 3.05) is 13.1 Å². The minimum Gasteiger partial charge on any atom is -0.446 e. The van der Waals surface area contributed by atoms with Crippen molar-refractivity contribution in [1.82, 2.24) is 5.32 Å². The van der Waals surface area contributed by atoms with Gasteiger partial charge in [0.25, 0.3) is 0 Å². The minimum atomic E-state index is -0.694. The van der Waals surface area contributed by atoms with Gasteiger partial charge in [-0.25, -0.2) is 9.59 Å². The molecule has 4 aliphatic carbocycles. The molecule has 8 atom stereocenters. The second kappa shape index (κ2) is 9.22. The van der Waals surface area contributed by atoms with Gasteiger partial charge in [0, 0.05) is 18.0 Å². The van der Waals surface area contributed by atoms with Crippen LogP contribution in [0.1, 0.15) is 89.5 Å². The minimum absolute atomic E-state index is 0.0250. The molecule has 1 heterocycles. The highest BCUT2D eigenvalue weighted by atomic mass is 16.6. The average Bonchev–Trinajstić information content (AvgIpc) is 3.11. The van der Waals surface area contributed by atoms with E-state index in [2.05, 4.69) is 19.2 Å². The maximum Gasteiger partial charge on any atom is 0.407 e. The molecule has 0 unspecified atom stereocenters. The Morgan fingerprint density at radius 2 is 1.97 bits per heavy atom. The zero-order valence-electron chi connectivity index (χ0n) is 21.3. The Labute approximate surface area is 208 Å². The summed E-state index contributed by atoms with van der Waals surface area (Å²) < 4.78 is 11.0. The number of fused-ring (bicyclic) bond motifs is 5. The standard InChI is InChI=1S/C28H42N2O5/c1-26-11-8-20(35-25(32)30-15-3-14-29)16-19(26)5-6-23-22(26)9-12-27(2)21(10-13-28(23,27)33)18-4-7-24(31)34-17-18/h4,7,17,19-23,33H,3,5-6,8-16,29H2,1-2H3,(H,30,32)/t19-,20+,21-,22+,23-,26+,27-,28+/m1/s1. The van der Waals surface area contributed by atoms with Crippen molar-refractivity contribution in [3.8, 4) is 0 Å². The van der Waals surface area contributed by atoms with Gasteiger partial charge in [-0.15, -0.1) is 0 Å². The number of rotatable bonds is 5. The van der Waals surface area contributed by atoms with Crippen LogP contribution in [0.15, 0.2) is 27.6 Å². The molecule has 7 heteroatoms. The third-order valence-electron chi connectivity index (χ3n) is 10.9. The lowest BCUT2D eigenvalue weighted by Crippen LogP contribution is -2.62. The van der Waals surface area contributed by atoms with Crippen molar-refractivity contribution in [3.63, 3.8) is 0 Å². The van der Waals surface area contributed by atoms with E-state index in [0.29, 0.717) is 30.8 Å². The topological polar surface area (TPSA) is 115 Å². The van der Waals surface area contributed by atoms with E-state index in [1.165, 1.54) is 6.07 Å². The van der Waals surface area contributed by atoms with Gasteiger partial charge < -0.3 is 25.3 Å². The van der Waals surface area contributed by atoms with Crippen LogP contribution in [-0.4, -0.2) is 36.0 Å². The van der Waals surface area contributed by atoms with Crippen LogP contribution < -0.4 is 16.7 Å². The Morgan fingerprint density at radius 1 is 1.14 bits per heavy atom. The molecule has 0 bridgehead atoms. The number of amides is 1. The zero-order valence-corrected chi connectivity index (χ0v) is 21.3. The molecule has 4 saturated carbocycles. The van der Waals surface area contributed by atoms with Crippen LogP contribution in [0.3, 0.4) is 0 Å². The Bertz CT molecular complexity index is 975. The first-order chi connectivity index (χ1) is 16.7. The van der Waals surface area contributed by atoms with Crippen LogP contribution in [-0.2, 0) is 4.74 Å². The molecular weight excluding hydrogens is 444 g/mol. The lowest BCUT2D eigenvalue weighted by atomic mass is 9.43. The molecule has 0 saturated heterocycles. The molecule has 1 aromatic heterocycles. The number of nitrogens with two attached hydrogens (primary N) is 1. The van der Waals surface area contributed by atoms with E-state index in [-0.39, 0.29) is 34.6 Å². The smallest absolute Gasteiger partial charge is 0.407 e. The molecule has 4 aliphatic rings. The fourth-order valence-corrected chi connectivity index (χ4v) is 8.88. The van der Waals surface area contributed by atoms with E-state index >= 15 is 0 Å². The van der Waals surface area contributed by atoms with Crippen LogP contribution in [0.25, 0.3) is 0 Å². The predicted octanol–water partition coefficient (Wildman–Crippen LogP) is 4.32. The van der Waals surface area contributed by atoms with Gasteiger partial charge >= 0.3 is 11.7 Å². The number of ether oxygens (including phenoxy) is 1. The summed E-state index contributed by atoms with van der Waals surface area (Å²) in [5, 5.41) is 15.2. The van der Waals surface area contributed by atoms with Crippen molar-refractivity contribution < 1.29 is 19.1 Å². The maximum absolute atomic E-state index is 12.4. The predicted molar refractivity (Wildman–Crippen MR) is 133 cm³/mol. The monoisotopic (exact) mass is 486 g/mol. The Morgan fingerprint density at radius 3 is 2.71 bits per heavy atom. The van der Waals surface area contributed by atoms with Crippen molar-refractivity contribution >= 4 is 6.09 Å². The highest BCUT2D eigenvalue weighted by Crippen LogP contribution is 2.70. The summed E-state index contributed by atoms with van der Waals surface area (Å²) in [5.74, 6) is 1.52. The van der Waals surface area contributed by atoms with Gasteiger partial charge in [-0.05, 0) is 111 Å². The summed E-state index contributed by atoms with van der Waals surface area (Å²) in [5.41, 5.74) is 5.50. The lowest BCUT2D eigenvalue weighted by molar-refractivity contribution is -0.205. The third-order valence-corrected chi connectivity index (χ3v) is 10.9. The highest BCUT2D eigenvalue weighted by molar-refractivity contribution is 5.67. The lowest BCUT2D eigenvalue weighted by Gasteiger charge is -2.63. The highest BCUT2D eigenvalue weighted by Gasteiger charge is 2.67. The summed E-state index contributed by atoms with van der Waals surface area (Å²) in [6.07, 6.45) is 10.8. The van der Waals surface area contributed by atoms with Crippen molar-refractivity contribution in [2.45, 2.75) is 95.7 Å². The molecule has 0 radical (unpaired) electrons. The first kappa shape index (κ1) is 24.8. The van der Waals surface area contributed by atoms with E-state index in [1.54, 1.807) is 6.26 Å². The van der Waals surface area contributed by atoms with Gasteiger partial charge in [0.05, 0.1) is 11.9 Å². The molecular formula is C28H42N2O5. The third kappa shape index (κ3) is 4.03. The number of aliphatic hydroxyl groups is 1. The van der Waals surface area contributed by atoms with Gasteiger partial charge in [0.15, 0.2) is 0 Å². The zero-order chi connectivity index (χ0) is 24.8. The van der Waals surface area contributed by atoms with Crippen LogP contribution >= 0.6 is 0 Å². The van der Waals surface area contributed by atoms with Crippen LogP contribution in [0.5, 0.6) is 0 Å². The molecule has 194 valence electrons. The number of carbonyl (C=O) groups excluding carboxylic acids is 1. The van der Waals surface area contributed by atoms with Gasteiger partial charge in [-0.3, -0.25) is 0 Å². The number of carbonyl (C=O) groups is 1. The first-order valence-electron chi connectivity index (χ1n) is 13.7.